The molecule has 2 rings (SSSR count). The molecule has 0 spiro atoms. The molecule has 0 aromatic heterocycles. The third kappa shape index (κ3) is 4.07. The maximum absolute atomic E-state index is 12.4. The lowest BCUT2D eigenvalue weighted by molar-refractivity contribution is -0.126. The van der Waals surface area contributed by atoms with Gasteiger partial charge in [0.1, 0.15) is 0 Å². The monoisotopic (exact) mass is 352 g/mol. The van der Waals surface area contributed by atoms with Crippen molar-refractivity contribution in [3.8, 4) is 0 Å². The first kappa shape index (κ1) is 16.5. The zero-order valence-electron chi connectivity index (χ0n) is 12.9. The van der Waals surface area contributed by atoms with Gasteiger partial charge >= 0.3 is 0 Å². The van der Waals surface area contributed by atoms with Crippen molar-refractivity contribution in [3.63, 3.8) is 0 Å². The van der Waals surface area contributed by atoms with Gasteiger partial charge in [-0.05, 0) is 43.0 Å². The van der Waals surface area contributed by atoms with Gasteiger partial charge in [0, 0.05) is 22.4 Å². The molecule has 4 heteroatoms. The summed E-state index contributed by atoms with van der Waals surface area (Å²) in [7, 11) is 0. The summed E-state index contributed by atoms with van der Waals surface area (Å²) in [6.45, 7) is 5.59. The van der Waals surface area contributed by atoms with Crippen LogP contribution in [0.3, 0.4) is 0 Å². The van der Waals surface area contributed by atoms with Crippen molar-refractivity contribution in [2.45, 2.75) is 38.5 Å². The van der Waals surface area contributed by atoms with Gasteiger partial charge < -0.3 is 11.1 Å². The van der Waals surface area contributed by atoms with Crippen LogP contribution in [0.15, 0.2) is 28.7 Å². The lowest BCUT2D eigenvalue weighted by Crippen LogP contribution is -2.41. The van der Waals surface area contributed by atoms with Crippen LogP contribution in [0.4, 0.5) is 0 Å². The molecule has 2 atom stereocenters. The average Bonchev–Trinajstić information content (AvgIpc) is 2.94. The summed E-state index contributed by atoms with van der Waals surface area (Å²) in [6, 6.07) is 8.30. The molecule has 3 nitrogen and oxygen atoms in total. The number of nitrogens with one attached hydrogen (secondary N) is 1. The Morgan fingerprint density at radius 2 is 2.00 bits per heavy atom. The highest BCUT2D eigenvalue weighted by Gasteiger charge is 2.32. The van der Waals surface area contributed by atoms with Gasteiger partial charge in [0.25, 0.3) is 0 Å². The molecule has 1 aromatic carbocycles. The molecule has 1 amide bonds. The van der Waals surface area contributed by atoms with Crippen molar-refractivity contribution >= 4 is 21.8 Å². The molecule has 1 fully saturated rings. The largest absolute Gasteiger partial charge is 0.355 e. The molecule has 3 N–H and O–H groups in total. The van der Waals surface area contributed by atoms with Gasteiger partial charge in [-0.3, -0.25) is 4.79 Å². The highest BCUT2D eigenvalue weighted by atomic mass is 79.9. The molecule has 1 saturated carbocycles. The fourth-order valence-corrected chi connectivity index (χ4v) is 3.37. The zero-order valence-corrected chi connectivity index (χ0v) is 14.4. The Labute approximate surface area is 135 Å². The first-order chi connectivity index (χ1) is 9.94. The van der Waals surface area contributed by atoms with Crippen molar-refractivity contribution < 1.29 is 4.79 Å². The minimum Gasteiger partial charge on any atom is -0.355 e. The molecular weight excluding hydrogens is 328 g/mol. The molecule has 0 unspecified atom stereocenters. The van der Waals surface area contributed by atoms with Crippen LogP contribution in [0.5, 0.6) is 0 Å². The highest BCUT2D eigenvalue weighted by Crippen LogP contribution is 2.31. The predicted octanol–water partition coefficient (Wildman–Crippen LogP) is 3.22. The minimum atomic E-state index is -0.0762. The van der Waals surface area contributed by atoms with Crippen molar-refractivity contribution in [1.29, 1.82) is 0 Å². The average molecular weight is 353 g/mol. The van der Waals surface area contributed by atoms with Gasteiger partial charge in [-0.1, -0.05) is 48.3 Å². The predicted molar refractivity (Wildman–Crippen MR) is 90.1 cm³/mol. The van der Waals surface area contributed by atoms with Gasteiger partial charge in [-0.15, -0.1) is 0 Å². The number of carbonyl (C=O) groups excluding carboxylic acids is 1. The number of rotatable bonds is 5. The van der Waals surface area contributed by atoms with Gasteiger partial charge in [-0.2, -0.15) is 0 Å². The highest BCUT2D eigenvalue weighted by molar-refractivity contribution is 9.10. The molecule has 1 aliphatic rings. The quantitative estimate of drug-likeness (QED) is 0.854. The topological polar surface area (TPSA) is 55.1 Å². The molecule has 0 aliphatic heterocycles. The molecule has 0 bridgehead atoms. The first-order valence-corrected chi connectivity index (χ1v) is 8.47. The van der Waals surface area contributed by atoms with Crippen LogP contribution in [0, 0.1) is 11.8 Å². The maximum atomic E-state index is 12.4. The lowest BCUT2D eigenvalue weighted by atomic mass is 9.84. The second kappa shape index (κ2) is 6.93. The summed E-state index contributed by atoms with van der Waals surface area (Å²) in [6.07, 6.45) is 3.19. The van der Waals surface area contributed by atoms with Crippen LogP contribution in [0.1, 0.15) is 38.7 Å². The van der Waals surface area contributed by atoms with E-state index >= 15 is 0 Å². The van der Waals surface area contributed by atoms with E-state index in [0.29, 0.717) is 19.0 Å². The molecule has 116 valence electrons. The van der Waals surface area contributed by atoms with E-state index in [1.165, 1.54) is 5.56 Å². The SMILES string of the molecule is CC(C)(CNC(=O)[C@@H]1CCC[C@@H]1CN)c1ccc(Br)cc1. The van der Waals surface area contributed by atoms with E-state index in [1.54, 1.807) is 0 Å². The van der Waals surface area contributed by atoms with Gasteiger partial charge in [0.2, 0.25) is 5.91 Å². The Morgan fingerprint density at radius 3 is 2.62 bits per heavy atom. The summed E-state index contributed by atoms with van der Waals surface area (Å²) in [5.74, 6) is 0.643. The zero-order chi connectivity index (χ0) is 15.5. The summed E-state index contributed by atoms with van der Waals surface area (Å²) in [5.41, 5.74) is 6.92. The number of halogens is 1. The summed E-state index contributed by atoms with van der Waals surface area (Å²) in [5, 5.41) is 3.14. The van der Waals surface area contributed by atoms with Gasteiger partial charge in [-0.25, -0.2) is 0 Å². The summed E-state index contributed by atoms with van der Waals surface area (Å²) in [4.78, 5) is 12.4. The standard InChI is InChI=1S/C17H25BrN2O/c1-17(2,13-6-8-14(18)9-7-13)11-20-16(21)15-5-3-4-12(15)10-19/h6-9,12,15H,3-5,10-11,19H2,1-2H3,(H,20,21)/t12-,15-/m1/s1. The Balaban J connectivity index is 1.95. The molecule has 0 radical (unpaired) electrons. The van der Waals surface area contributed by atoms with Crippen LogP contribution < -0.4 is 11.1 Å². The molecule has 0 heterocycles. The van der Waals surface area contributed by atoms with E-state index in [9.17, 15) is 4.79 Å². The number of amides is 1. The van der Waals surface area contributed by atoms with Gasteiger partial charge in [0.15, 0.2) is 0 Å². The molecule has 0 saturated heterocycles. The van der Waals surface area contributed by atoms with Crippen LogP contribution >= 0.6 is 15.9 Å². The Morgan fingerprint density at radius 1 is 1.33 bits per heavy atom. The van der Waals surface area contributed by atoms with Crippen LogP contribution in [0.2, 0.25) is 0 Å². The van der Waals surface area contributed by atoms with E-state index in [4.69, 9.17) is 5.73 Å². The molecule has 1 aromatic rings. The molecule has 1 aliphatic carbocycles. The third-order valence-corrected chi connectivity index (χ3v) is 5.16. The van der Waals surface area contributed by atoms with E-state index in [2.05, 4.69) is 47.2 Å². The van der Waals surface area contributed by atoms with E-state index in [-0.39, 0.29) is 17.2 Å². The normalized spacial score (nSPS) is 22.3. The fourth-order valence-electron chi connectivity index (χ4n) is 3.11. The second-order valence-electron chi connectivity index (χ2n) is 6.64. The number of carbonyl (C=O) groups is 1. The lowest BCUT2D eigenvalue weighted by Gasteiger charge is -2.27. The van der Waals surface area contributed by atoms with Crippen LogP contribution in [-0.4, -0.2) is 19.0 Å². The number of benzene rings is 1. The van der Waals surface area contributed by atoms with Crippen LogP contribution in [0.25, 0.3) is 0 Å². The molecular formula is C17H25BrN2O. The maximum Gasteiger partial charge on any atom is 0.223 e. The third-order valence-electron chi connectivity index (χ3n) is 4.63. The first-order valence-electron chi connectivity index (χ1n) is 7.68. The summed E-state index contributed by atoms with van der Waals surface area (Å²) >= 11 is 3.45. The van der Waals surface area contributed by atoms with Crippen molar-refractivity contribution in [1.82, 2.24) is 5.32 Å². The second-order valence-corrected chi connectivity index (χ2v) is 7.56. The fraction of sp³-hybridized carbons (Fsp3) is 0.588. The van der Waals surface area contributed by atoms with E-state index < -0.39 is 0 Å². The number of hydrogen-bond acceptors (Lipinski definition) is 2. The summed E-state index contributed by atoms with van der Waals surface area (Å²) < 4.78 is 1.07. The van der Waals surface area contributed by atoms with Crippen molar-refractivity contribution in [2.75, 3.05) is 13.1 Å². The Bertz CT molecular complexity index is 484. The van der Waals surface area contributed by atoms with Crippen molar-refractivity contribution in [2.24, 2.45) is 17.6 Å². The van der Waals surface area contributed by atoms with Crippen molar-refractivity contribution in [3.05, 3.63) is 34.3 Å². The molecule has 21 heavy (non-hydrogen) atoms. The number of hydrogen-bond donors (Lipinski definition) is 2. The van der Waals surface area contributed by atoms with E-state index in [0.717, 1.165) is 23.7 Å². The van der Waals surface area contributed by atoms with Gasteiger partial charge in [0.05, 0.1) is 0 Å². The Hall–Kier alpha value is -0.870. The minimum absolute atomic E-state index is 0.0762. The number of nitrogens with two attached hydrogens (primary N) is 1. The smallest absolute Gasteiger partial charge is 0.223 e. The van der Waals surface area contributed by atoms with Crippen LogP contribution in [-0.2, 0) is 10.2 Å². The van der Waals surface area contributed by atoms with E-state index in [1.807, 2.05) is 12.1 Å². The Kier molecular flexibility index (Phi) is 5.44.